The van der Waals surface area contributed by atoms with E-state index in [2.05, 4.69) is 10.3 Å². The number of aromatic nitrogens is 2. The van der Waals surface area contributed by atoms with Crippen molar-refractivity contribution in [2.45, 2.75) is 32.5 Å². The Balaban J connectivity index is 1.79. The predicted octanol–water partition coefficient (Wildman–Crippen LogP) is 0.295. The van der Waals surface area contributed by atoms with Gasteiger partial charge in [-0.15, -0.1) is 11.3 Å². The molecule has 0 unspecified atom stereocenters. The van der Waals surface area contributed by atoms with Crippen LogP contribution in [0.25, 0.3) is 10.4 Å². The van der Waals surface area contributed by atoms with E-state index < -0.39 is 18.0 Å². The Morgan fingerprint density at radius 1 is 1.52 bits per heavy atom. The highest BCUT2D eigenvalue weighted by atomic mass is 32.1. The van der Waals surface area contributed by atoms with Gasteiger partial charge >= 0.3 is 5.97 Å². The highest BCUT2D eigenvalue weighted by Gasteiger charge is 2.60. The molecule has 0 aliphatic carbocycles. The van der Waals surface area contributed by atoms with E-state index in [1.54, 1.807) is 23.7 Å². The second-order valence-corrected chi connectivity index (χ2v) is 7.86. The molecular weight excluding hydrogens is 372 g/mol. The van der Waals surface area contributed by atoms with Crippen molar-refractivity contribution >= 4 is 40.0 Å². The molecule has 2 aliphatic heterocycles. The Labute approximate surface area is 157 Å². The first kappa shape index (κ1) is 17.7. The van der Waals surface area contributed by atoms with Crippen molar-refractivity contribution in [3.8, 4) is 0 Å². The molecule has 2 aromatic heterocycles. The highest BCUT2D eigenvalue weighted by Crippen LogP contribution is 2.51. The van der Waals surface area contributed by atoms with Crippen LogP contribution in [0.3, 0.4) is 0 Å². The number of β-lactam (4-membered cyclic amide) rings is 1. The number of nitrogens with one attached hydrogen (secondary N) is 1. The molecule has 1 saturated heterocycles. The number of aliphatic hydroxyl groups is 1. The molecule has 0 bridgehead atoms. The Bertz CT molecular complexity index is 991. The van der Waals surface area contributed by atoms with Crippen LogP contribution in [0.4, 0.5) is 0 Å². The molecule has 2 amide bonds. The number of imidazole rings is 1. The van der Waals surface area contributed by atoms with Crippen LogP contribution in [-0.2, 0) is 20.9 Å². The SMILES string of the molecule is C[C@@H](O)[C@H]1C(=O)N2C(C(=O)O)=C(c3cn4c(CNC=O)ncc4s3)[C@H](C)[C@H]12. The van der Waals surface area contributed by atoms with E-state index in [4.69, 9.17) is 0 Å². The number of aliphatic carboxylic acids is 1. The summed E-state index contributed by atoms with van der Waals surface area (Å²) in [6.07, 6.45) is 3.21. The number of hydrogen-bond donors (Lipinski definition) is 3. The number of fused-ring (bicyclic) bond motifs is 2. The van der Waals surface area contributed by atoms with Gasteiger partial charge in [-0.3, -0.25) is 14.0 Å². The van der Waals surface area contributed by atoms with Crippen molar-refractivity contribution in [3.63, 3.8) is 0 Å². The number of amides is 2. The van der Waals surface area contributed by atoms with E-state index in [0.29, 0.717) is 17.8 Å². The zero-order valence-corrected chi connectivity index (χ0v) is 15.4. The van der Waals surface area contributed by atoms with E-state index in [1.165, 1.54) is 16.2 Å². The number of aliphatic hydroxyl groups excluding tert-OH is 1. The third-order valence-corrected chi connectivity index (χ3v) is 6.34. The zero-order chi connectivity index (χ0) is 19.5. The van der Waals surface area contributed by atoms with Gasteiger partial charge in [0.05, 0.1) is 35.7 Å². The maximum atomic E-state index is 12.4. The van der Waals surface area contributed by atoms with E-state index in [9.17, 15) is 24.6 Å². The van der Waals surface area contributed by atoms with Gasteiger partial charge in [-0.2, -0.15) is 0 Å². The van der Waals surface area contributed by atoms with Crippen LogP contribution >= 0.6 is 11.3 Å². The maximum Gasteiger partial charge on any atom is 0.352 e. The van der Waals surface area contributed by atoms with Gasteiger partial charge in [-0.1, -0.05) is 6.92 Å². The molecule has 10 heteroatoms. The van der Waals surface area contributed by atoms with Crippen LogP contribution in [0.1, 0.15) is 24.5 Å². The first-order valence-corrected chi connectivity index (χ1v) is 9.30. The van der Waals surface area contributed by atoms with E-state index >= 15 is 0 Å². The summed E-state index contributed by atoms with van der Waals surface area (Å²) in [5.74, 6) is -1.69. The number of hydrogen-bond acceptors (Lipinski definition) is 6. The minimum Gasteiger partial charge on any atom is -0.477 e. The van der Waals surface area contributed by atoms with Gasteiger partial charge in [0.1, 0.15) is 16.4 Å². The predicted molar refractivity (Wildman–Crippen MR) is 95.5 cm³/mol. The molecule has 2 aliphatic rings. The summed E-state index contributed by atoms with van der Waals surface area (Å²) in [7, 11) is 0. The van der Waals surface area contributed by atoms with Crippen LogP contribution in [0.15, 0.2) is 18.1 Å². The summed E-state index contributed by atoms with van der Waals surface area (Å²) in [6, 6.07) is -0.352. The number of carboxylic acid groups (broad SMARTS) is 1. The van der Waals surface area contributed by atoms with Crippen molar-refractivity contribution < 1.29 is 24.6 Å². The molecule has 4 rings (SSSR count). The maximum absolute atomic E-state index is 12.4. The molecule has 142 valence electrons. The molecule has 27 heavy (non-hydrogen) atoms. The number of thiazole rings is 1. The Morgan fingerprint density at radius 3 is 2.89 bits per heavy atom. The van der Waals surface area contributed by atoms with Crippen molar-refractivity contribution in [2.24, 2.45) is 11.8 Å². The van der Waals surface area contributed by atoms with Gasteiger partial charge in [0.2, 0.25) is 12.3 Å². The fourth-order valence-electron chi connectivity index (χ4n) is 4.13. The summed E-state index contributed by atoms with van der Waals surface area (Å²) < 4.78 is 1.80. The van der Waals surface area contributed by atoms with Gasteiger partial charge in [0.15, 0.2) is 0 Å². The zero-order valence-electron chi connectivity index (χ0n) is 14.6. The fourth-order valence-corrected chi connectivity index (χ4v) is 5.27. The number of rotatable bonds is 6. The lowest BCUT2D eigenvalue weighted by atomic mass is 9.77. The largest absolute Gasteiger partial charge is 0.477 e. The fraction of sp³-hybridized carbons (Fsp3) is 0.412. The first-order valence-electron chi connectivity index (χ1n) is 8.48. The average molecular weight is 390 g/mol. The summed E-state index contributed by atoms with van der Waals surface area (Å²) in [6.45, 7) is 3.69. The lowest BCUT2D eigenvalue weighted by Gasteiger charge is -2.46. The van der Waals surface area contributed by atoms with Gasteiger partial charge < -0.3 is 20.4 Å². The second-order valence-electron chi connectivity index (χ2n) is 6.80. The van der Waals surface area contributed by atoms with E-state index in [0.717, 1.165) is 9.71 Å². The highest BCUT2D eigenvalue weighted by molar-refractivity contribution is 7.18. The van der Waals surface area contributed by atoms with E-state index in [-0.39, 0.29) is 30.1 Å². The summed E-state index contributed by atoms with van der Waals surface area (Å²) in [5.41, 5.74) is 0.575. The number of carbonyl (C=O) groups excluding carboxylic acids is 2. The normalized spacial score (nSPS) is 25.5. The third-order valence-electron chi connectivity index (χ3n) is 5.28. The molecule has 2 aromatic rings. The third kappa shape index (κ3) is 2.40. The minimum atomic E-state index is -1.16. The summed E-state index contributed by atoms with van der Waals surface area (Å²) in [5, 5.41) is 22.2. The van der Waals surface area contributed by atoms with Gasteiger partial charge in [0.25, 0.3) is 0 Å². The second kappa shape index (κ2) is 6.17. The number of nitrogens with zero attached hydrogens (tertiary/aromatic N) is 3. The van der Waals surface area contributed by atoms with Crippen LogP contribution in [0.2, 0.25) is 0 Å². The first-order chi connectivity index (χ1) is 12.9. The Kier molecular flexibility index (Phi) is 4.04. The van der Waals surface area contributed by atoms with Crippen molar-refractivity contribution in [1.29, 1.82) is 0 Å². The smallest absolute Gasteiger partial charge is 0.352 e. The summed E-state index contributed by atoms with van der Waals surface area (Å²) >= 11 is 1.38. The van der Waals surface area contributed by atoms with Crippen LogP contribution in [-0.4, -0.2) is 54.9 Å². The molecule has 4 atom stereocenters. The molecule has 0 saturated carbocycles. The van der Waals surface area contributed by atoms with Crippen LogP contribution in [0, 0.1) is 11.8 Å². The minimum absolute atomic E-state index is 0.0144. The van der Waals surface area contributed by atoms with Crippen molar-refractivity contribution in [2.75, 3.05) is 0 Å². The van der Waals surface area contributed by atoms with Gasteiger partial charge in [-0.25, -0.2) is 9.78 Å². The molecule has 0 radical (unpaired) electrons. The lowest BCUT2D eigenvalue weighted by molar-refractivity contribution is -0.163. The standard InChI is InChI=1S/C17H18N4O5S/c1-7-12(9-5-20-10(3-18-6-22)19-4-11(20)27-9)15(17(25)26)21-14(7)13(8(2)23)16(21)24/h4-8,13-14,23H,3H2,1-2H3,(H,18,22)(H,25,26)/t7-,8+,13+,14+/m0/s1. The number of carbonyl (C=O) groups is 3. The monoisotopic (exact) mass is 390 g/mol. The molecule has 3 N–H and O–H groups in total. The molecule has 1 fully saturated rings. The van der Waals surface area contributed by atoms with Gasteiger partial charge in [0, 0.05) is 17.7 Å². The van der Waals surface area contributed by atoms with Gasteiger partial charge in [-0.05, 0) is 6.92 Å². The lowest BCUT2D eigenvalue weighted by Crippen LogP contribution is -2.63. The van der Waals surface area contributed by atoms with Crippen molar-refractivity contribution in [1.82, 2.24) is 19.6 Å². The van der Waals surface area contributed by atoms with Crippen LogP contribution < -0.4 is 5.32 Å². The van der Waals surface area contributed by atoms with Crippen molar-refractivity contribution in [3.05, 3.63) is 28.8 Å². The molecular formula is C17H18N4O5S. The number of carboxylic acids is 1. The Hall–Kier alpha value is -2.72. The molecule has 0 aromatic carbocycles. The average Bonchev–Trinajstić information content (AvgIpc) is 3.23. The van der Waals surface area contributed by atoms with Crippen LogP contribution in [0.5, 0.6) is 0 Å². The molecule has 9 nitrogen and oxygen atoms in total. The Morgan fingerprint density at radius 2 is 2.26 bits per heavy atom. The quantitative estimate of drug-likeness (QED) is 0.481. The molecule has 4 heterocycles. The van der Waals surface area contributed by atoms with E-state index in [1.807, 2.05) is 6.92 Å². The molecule has 0 spiro atoms. The topological polar surface area (TPSA) is 124 Å². The summed E-state index contributed by atoms with van der Waals surface area (Å²) in [4.78, 5) is 42.0.